The van der Waals surface area contributed by atoms with Crippen LogP contribution in [0.5, 0.6) is 0 Å². The molecule has 3 aromatic rings. The number of ketones is 1. The van der Waals surface area contributed by atoms with Gasteiger partial charge in [0.1, 0.15) is 11.6 Å². The van der Waals surface area contributed by atoms with Crippen LogP contribution in [0, 0.1) is 5.92 Å². The molecule has 3 N–H and O–H groups in total. The smallest absolute Gasteiger partial charge is 0.255 e. The number of benzene rings is 3. The Hall–Kier alpha value is -4.56. The summed E-state index contributed by atoms with van der Waals surface area (Å²) in [6.45, 7) is 9.45. The second-order valence-corrected chi connectivity index (χ2v) is 12.1. The highest BCUT2D eigenvalue weighted by Gasteiger charge is 2.36. The van der Waals surface area contributed by atoms with E-state index in [0.717, 1.165) is 37.1 Å². The first-order valence-electron chi connectivity index (χ1n) is 15.9. The van der Waals surface area contributed by atoms with Crippen molar-refractivity contribution in [2.75, 3.05) is 31.5 Å². The quantitative estimate of drug-likeness (QED) is 0.272. The lowest BCUT2D eigenvalue weighted by Crippen LogP contribution is -2.34. The van der Waals surface area contributed by atoms with Gasteiger partial charge in [-0.3, -0.25) is 19.3 Å². The van der Waals surface area contributed by atoms with Crippen LogP contribution in [0.4, 0.5) is 11.4 Å². The predicted octanol–water partition coefficient (Wildman–Crippen LogP) is 6.17. The van der Waals surface area contributed by atoms with Crippen LogP contribution in [0.2, 0.25) is 0 Å². The van der Waals surface area contributed by atoms with Gasteiger partial charge in [0, 0.05) is 73.4 Å². The number of nitrogens with zero attached hydrogens (tertiary/aromatic N) is 3. The topological polar surface area (TPSA) is 108 Å². The zero-order valence-electron chi connectivity index (χ0n) is 26.5. The Morgan fingerprint density at radius 3 is 2.42 bits per heavy atom. The van der Waals surface area contributed by atoms with Crippen molar-refractivity contribution in [2.45, 2.75) is 52.5 Å². The third kappa shape index (κ3) is 7.75. The van der Waals surface area contributed by atoms with Gasteiger partial charge in [-0.2, -0.15) is 0 Å². The van der Waals surface area contributed by atoms with Crippen molar-refractivity contribution in [3.8, 4) is 0 Å². The summed E-state index contributed by atoms with van der Waals surface area (Å²) in [6, 6.07) is 23.4. The normalized spacial score (nSPS) is 17.9. The molecule has 0 saturated carbocycles. The van der Waals surface area contributed by atoms with Gasteiger partial charge in [0.25, 0.3) is 5.91 Å². The molecule has 1 fully saturated rings. The molecule has 3 aromatic carbocycles. The van der Waals surface area contributed by atoms with E-state index in [9.17, 15) is 14.4 Å². The van der Waals surface area contributed by atoms with Gasteiger partial charge in [-0.1, -0.05) is 62.4 Å². The van der Waals surface area contributed by atoms with Crippen LogP contribution < -0.4 is 11.1 Å². The highest BCUT2D eigenvalue weighted by atomic mass is 16.2. The fraction of sp³-hybridized carbons (Fsp3) is 0.351. The minimum atomic E-state index is -0.273. The first-order chi connectivity index (χ1) is 21.7. The first kappa shape index (κ1) is 31.9. The van der Waals surface area contributed by atoms with Gasteiger partial charge in [0.2, 0.25) is 5.91 Å². The van der Waals surface area contributed by atoms with Gasteiger partial charge in [0.05, 0.1) is 5.69 Å². The third-order valence-electron chi connectivity index (χ3n) is 8.55. The number of nitrogens with one attached hydrogen (secondary N) is 1. The van der Waals surface area contributed by atoms with Gasteiger partial charge in [-0.25, -0.2) is 4.99 Å². The molecule has 0 spiro atoms. The van der Waals surface area contributed by atoms with Crippen LogP contribution in [0.15, 0.2) is 83.4 Å². The van der Waals surface area contributed by atoms with Crippen LogP contribution in [0.3, 0.4) is 0 Å². The summed E-state index contributed by atoms with van der Waals surface area (Å²) in [6.07, 6.45) is 3.87. The molecule has 2 aliphatic rings. The molecule has 1 saturated heterocycles. The number of likely N-dealkylation sites (tertiary alicyclic amines) is 1. The average Bonchev–Trinajstić information content (AvgIpc) is 3.37. The molecular formula is C37H43N5O3. The fourth-order valence-corrected chi connectivity index (χ4v) is 6.38. The number of fused-ring (bicyclic) bond motifs is 1. The summed E-state index contributed by atoms with van der Waals surface area (Å²) in [5.41, 5.74) is 11.5. The molecule has 234 valence electrons. The monoisotopic (exact) mass is 605 g/mol. The van der Waals surface area contributed by atoms with Crippen molar-refractivity contribution >= 4 is 40.9 Å². The van der Waals surface area contributed by atoms with Gasteiger partial charge in [0.15, 0.2) is 0 Å². The largest absolute Gasteiger partial charge is 0.387 e. The lowest BCUT2D eigenvalue weighted by atomic mass is 9.86. The van der Waals surface area contributed by atoms with Crippen molar-refractivity contribution in [1.82, 2.24) is 9.80 Å². The second kappa shape index (κ2) is 14.5. The van der Waals surface area contributed by atoms with E-state index in [1.165, 1.54) is 5.56 Å². The highest BCUT2D eigenvalue weighted by Crippen LogP contribution is 2.35. The third-order valence-corrected chi connectivity index (χ3v) is 8.55. The molecule has 0 aliphatic carbocycles. The second-order valence-electron chi connectivity index (χ2n) is 12.1. The maximum atomic E-state index is 13.4. The van der Waals surface area contributed by atoms with E-state index in [4.69, 9.17) is 5.73 Å². The van der Waals surface area contributed by atoms with E-state index in [2.05, 4.69) is 41.2 Å². The Kier molecular flexibility index (Phi) is 10.2. The molecule has 2 amide bonds. The van der Waals surface area contributed by atoms with Crippen molar-refractivity contribution in [3.05, 3.63) is 101 Å². The first-order valence-corrected chi connectivity index (χ1v) is 15.9. The summed E-state index contributed by atoms with van der Waals surface area (Å²) in [4.78, 5) is 48.1. The zero-order chi connectivity index (χ0) is 31.9. The van der Waals surface area contributed by atoms with Crippen molar-refractivity contribution in [3.63, 3.8) is 0 Å². The van der Waals surface area contributed by atoms with E-state index in [0.29, 0.717) is 48.0 Å². The molecule has 5 rings (SSSR count). The van der Waals surface area contributed by atoms with Crippen LogP contribution >= 0.6 is 0 Å². The lowest BCUT2D eigenvalue weighted by Gasteiger charge is -2.22. The Morgan fingerprint density at radius 2 is 1.71 bits per heavy atom. The number of hydrogen-bond acceptors (Lipinski definition) is 6. The van der Waals surface area contributed by atoms with E-state index < -0.39 is 0 Å². The van der Waals surface area contributed by atoms with Crippen LogP contribution in [-0.2, 0) is 16.1 Å². The summed E-state index contributed by atoms with van der Waals surface area (Å²) in [5, 5.41) is 3.03. The molecular weight excluding hydrogens is 562 g/mol. The fourth-order valence-electron chi connectivity index (χ4n) is 6.38. The maximum Gasteiger partial charge on any atom is 0.255 e. The molecule has 1 unspecified atom stereocenters. The molecule has 0 radical (unpaired) electrons. The molecule has 2 atom stereocenters. The molecule has 8 nitrogen and oxygen atoms in total. The Bertz CT molecular complexity index is 1610. The Morgan fingerprint density at radius 1 is 0.956 bits per heavy atom. The van der Waals surface area contributed by atoms with E-state index in [1.807, 2.05) is 59.5 Å². The summed E-state index contributed by atoms with van der Waals surface area (Å²) in [7, 11) is 0. The lowest BCUT2D eigenvalue weighted by molar-refractivity contribution is -0.127. The zero-order valence-corrected chi connectivity index (χ0v) is 26.5. The SMILES string of the molecule is CCCN(CCC)C(=O)C1=Cc2ccc(C(=O)Nc3cccc(C4CN(Cc5ccccc5)C[C@@H]4C(C)=O)c3)cc2N=C(N)C1. The van der Waals surface area contributed by atoms with Crippen molar-refractivity contribution < 1.29 is 14.4 Å². The number of carbonyl (C=O) groups excluding carboxylic acids is 3. The number of hydrogen-bond donors (Lipinski definition) is 2. The standard InChI is InChI=1S/C37H43N5O3/c1-4-16-42(17-5-2)37(45)30-18-28-14-15-29(20-34(28)40-35(38)21-30)36(44)39-31-13-9-12-27(19-31)33-24-41(23-32(33)25(3)43)22-26-10-7-6-8-11-26/h6-15,18-20,32-33H,4-5,16-17,21-24H2,1-3H3,(H2,38,40)(H,39,44)/t32-,33?/m1/s1. The predicted molar refractivity (Wildman–Crippen MR) is 181 cm³/mol. The van der Waals surface area contributed by atoms with Gasteiger partial charge in [-0.15, -0.1) is 0 Å². The van der Waals surface area contributed by atoms with E-state index >= 15 is 0 Å². The minimum absolute atomic E-state index is 0.0242. The van der Waals surface area contributed by atoms with Crippen LogP contribution in [0.25, 0.3) is 6.08 Å². The molecule has 8 heteroatoms. The van der Waals surface area contributed by atoms with Crippen molar-refractivity contribution in [1.29, 1.82) is 0 Å². The molecule has 45 heavy (non-hydrogen) atoms. The number of aliphatic imine (C=N–C) groups is 1. The van der Waals surface area contributed by atoms with E-state index in [1.54, 1.807) is 19.1 Å². The minimum Gasteiger partial charge on any atom is -0.387 e. The molecule has 2 aliphatic heterocycles. The highest BCUT2D eigenvalue weighted by molar-refractivity contribution is 6.08. The van der Waals surface area contributed by atoms with Gasteiger partial charge in [-0.05, 0) is 61.2 Å². The number of Topliss-reactive ketones (excluding diaryl/α,β-unsaturated/α-hetero) is 1. The Balaban J connectivity index is 1.32. The number of amidine groups is 1. The number of nitrogens with two attached hydrogens (primary N) is 1. The van der Waals surface area contributed by atoms with Crippen LogP contribution in [-0.4, -0.2) is 59.4 Å². The average molecular weight is 606 g/mol. The number of carbonyl (C=O) groups is 3. The maximum absolute atomic E-state index is 13.4. The number of anilines is 1. The Labute approximate surface area is 266 Å². The summed E-state index contributed by atoms with van der Waals surface area (Å²) < 4.78 is 0. The van der Waals surface area contributed by atoms with Gasteiger partial charge < -0.3 is 16.0 Å². The molecule has 2 heterocycles. The summed E-state index contributed by atoms with van der Waals surface area (Å²) >= 11 is 0. The molecule has 0 aromatic heterocycles. The van der Waals surface area contributed by atoms with Crippen LogP contribution in [0.1, 0.15) is 73.0 Å². The number of rotatable bonds is 11. The van der Waals surface area contributed by atoms with E-state index in [-0.39, 0.29) is 35.9 Å². The van der Waals surface area contributed by atoms with Crippen molar-refractivity contribution in [2.24, 2.45) is 16.6 Å². The molecule has 0 bridgehead atoms. The summed E-state index contributed by atoms with van der Waals surface area (Å²) in [5.74, 6) is 0.159. The van der Waals surface area contributed by atoms with Gasteiger partial charge >= 0.3 is 0 Å². The number of amides is 2.